The van der Waals surface area contributed by atoms with Crippen LogP contribution in [-0.4, -0.2) is 60.7 Å². The molecule has 2 aromatic carbocycles. The molecule has 0 bridgehead atoms. The Labute approximate surface area is 215 Å². The molecule has 2 aliphatic heterocycles. The number of ether oxygens (including phenoxy) is 1. The minimum atomic E-state index is -1.31. The Hall–Kier alpha value is -2.68. The van der Waals surface area contributed by atoms with E-state index in [1.807, 2.05) is 43.0 Å². The third-order valence-corrected chi connectivity index (χ3v) is 7.66. The fourth-order valence-electron chi connectivity index (χ4n) is 5.54. The van der Waals surface area contributed by atoms with E-state index in [9.17, 15) is 4.79 Å². The minimum absolute atomic E-state index is 0.0277. The normalized spacial score (nSPS) is 21.1. The van der Waals surface area contributed by atoms with Crippen LogP contribution in [0, 0.1) is 17.6 Å². The molecule has 8 heteroatoms. The second kappa shape index (κ2) is 11.0. The quantitative estimate of drug-likeness (QED) is 0.284. The fraction of sp³-hybridized carbons (Fsp3) is 0.483. The molecule has 2 aliphatic rings. The first kappa shape index (κ1) is 25.9. The maximum absolute atomic E-state index is 15.7. The lowest BCUT2D eigenvalue weighted by molar-refractivity contribution is 0.0383. The number of aromatic nitrogens is 1. The van der Waals surface area contributed by atoms with Gasteiger partial charge in [-0.1, -0.05) is 31.5 Å². The molecule has 5 rings (SSSR count). The van der Waals surface area contributed by atoms with Crippen LogP contribution in [0.5, 0.6) is 0 Å². The van der Waals surface area contributed by atoms with Crippen molar-refractivity contribution < 1.29 is 22.7 Å². The van der Waals surface area contributed by atoms with Crippen molar-refractivity contribution in [1.29, 1.82) is 0 Å². The molecule has 0 radical (unpaired) electrons. The van der Waals surface area contributed by atoms with Gasteiger partial charge in [0.15, 0.2) is 5.78 Å². The molecule has 5 nitrogen and oxygen atoms in total. The van der Waals surface area contributed by atoms with Gasteiger partial charge in [-0.2, -0.15) is 0 Å². The highest BCUT2D eigenvalue weighted by molar-refractivity contribution is 5.98. The number of fused-ring (bicyclic) bond motifs is 3. The molecular weight excluding hydrogens is 479 g/mol. The van der Waals surface area contributed by atoms with Gasteiger partial charge in [0.25, 0.3) is 0 Å². The number of rotatable bonds is 10. The zero-order valence-electron chi connectivity index (χ0n) is 21.3. The Bertz CT molecular complexity index is 1250. The van der Waals surface area contributed by atoms with Crippen LogP contribution in [0.3, 0.4) is 0 Å². The van der Waals surface area contributed by atoms with Gasteiger partial charge in [-0.3, -0.25) is 9.69 Å². The number of carbonyl (C=O) groups excluding carboxylic acids is 1. The van der Waals surface area contributed by atoms with Gasteiger partial charge in [0.1, 0.15) is 17.8 Å². The molecule has 0 spiro atoms. The van der Waals surface area contributed by atoms with Gasteiger partial charge in [0.05, 0.1) is 12.6 Å². The Balaban J connectivity index is 1.54. The number of unbranched alkanes of at least 4 members (excludes halogenated alkanes) is 1. The number of H-pyrrole nitrogens is 1. The number of hydrogen-bond acceptors (Lipinski definition) is 4. The Kier molecular flexibility index (Phi) is 7.70. The van der Waals surface area contributed by atoms with Gasteiger partial charge < -0.3 is 15.0 Å². The topological polar surface area (TPSA) is 57.4 Å². The minimum Gasteiger partial charge on any atom is -0.378 e. The average Bonchev–Trinajstić information content (AvgIpc) is 3.20. The largest absolute Gasteiger partial charge is 0.378 e. The number of hydrogen-bond donors (Lipinski definition) is 2. The summed E-state index contributed by atoms with van der Waals surface area (Å²) in [5, 5.41) is 4.01. The molecule has 0 unspecified atom stereocenters. The van der Waals surface area contributed by atoms with Crippen LogP contribution >= 0.6 is 0 Å². The highest BCUT2D eigenvalue weighted by Crippen LogP contribution is 2.42. The molecule has 3 atom stereocenters. The van der Waals surface area contributed by atoms with Gasteiger partial charge in [-0.15, -0.1) is 0 Å². The number of Topliss-reactive ketones (excluding diaryl/α,β-unsaturated/α-hetero) is 1. The lowest BCUT2D eigenvalue weighted by Gasteiger charge is -2.41. The van der Waals surface area contributed by atoms with E-state index >= 15 is 13.2 Å². The van der Waals surface area contributed by atoms with Gasteiger partial charge in [0.2, 0.25) is 0 Å². The standard InChI is InChI=1S/C29H34F3N3O2/c1-3-4-9-37-16-20(30)15-35-17(2)10-22-21-7-5-6-8-25(21)34-27(22)28(35)26-23(31)11-18(12-24(26)32)29(36)19-13-33-14-19/h5-8,11-12,17,19-20,28,33-34H,3-4,9-10,13-16H2,1-2H3/t17-,20-,28-/m1/s1. The molecule has 1 fully saturated rings. The van der Waals surface area contributed by atoms with Crippen molar-refractivity contribution >= 4 is 16.7 Å². The van der Waals surface area contributed by atoms with Crippen molar-refractivity contribution in [3.05, 3.63) is 70.4 Å². The van der Waals surface area contributed by atoms with Crippen molar-refractivity contribution in [2.45, 2.75) is 51.4 Å². The lowest BCUT2D eigenvalue weighted by atomic mass is 9.86. The van der Waals surface area contributed by atoms with Crippen molar-refractivity contribution in [3.8, 4) is 0 Å². The third-order valence-electron chi connectivity index (χ3n) is 7.66. The van der Waals surface area contributed by atoms with E-state index in [1.165, 1.54) is 0 Å². The number of nitrogens with one attached hydrogen (secondary N) is 2. The number of alkyl halides is 1. The Morgan fingerprint density at radius 1 is 1.19 bits per heavy atom. The van der Waals surface area contributed by atoms with Crippen LogP contribution in [-0.2, 0) is 11.2 Å². The molecule has 0 saturated carbocycles. The van der Waals surface area contributed by atoms with E-state index in [4.69, 9.17) is 4.74 Å². The number of carbonyl (C=O) groups is 1. The first-order chi connectivity index (χ1) is 17.9. The molecule has 3 aromatic rings. The van der Waals surface area contributed by atoms with Crippen molar-refractivity contribution in [2.75, 3.05) is 32.8 Å². The van der Waals surface area contributed by atoms with Crippen molar-refractivity contribution in [2.24, 2.45) is 5.92 Å². The fourth-order valence-corrected chi connectivity index (χ4v) is 5.54. The molecule has 1 saturated heterocycles. The second-order valence-corrected chi connectivity index (χ2v) is 10.3. The molecule has 2 N–H and O–H groups in total. The lowest BCUT2D eigenvalue weighted by Crippen LogP contribution is -2.47. The summed E-state index contributed by atoms with van der Waals surface area (Å²) in [5.74, 6) is -2.12. The third kappa shape index (κ3) is 5.07. The highest BCUT2D eigenvalue weighted by Gasteiger charge is 2.40. The Morgan fingerprint density at radius 3 is 2.59 bits per heavy atom. The van der Waals surface area contributed by atoms with Gasteiger partial charge in [-0.25, -0.2) is 13.2 Å². The number of halogens is 3. The molecule has 1 aromatic heterocycles. The first-order valence-corrected chi connectivity index (χ1v) is 13.2. The maximum atomic E-state index is 15.7. The highest BCUT2D eigenvalue weighted by atomic mass is 19.1. The zero-order chi connectivity index (χ0) is 26.1. The van der Waals surface area contributed by atoms with E-state index < -0.39 is 23.8 Å². The van der Waals surface area contributed by atoms with Crippen LogP contribution in [0.25, 0.3) is 10.9 Å². The first-order valence-electron chi connectivity index (χ1n) is 13.2. The van der Waals surface area contributed by atoms with E-state index in [2.05, 4.69) is 10.3 Å². The van der Waals surface area contributed by atoms with E-state index in [-0.39, 0.29) is 42.0 Å². The van der Waals surface area contributed by atoms with Gasteiger partial charge >= 0.3 is 0 Å². The van der Waals surface area contributed by atoms with E-state index in [1.54, 1.807) is 0 Å². The number of nitrogens with zero attached hydrogens (tertiary/aromatic N) is 1. The molecule has 3 heterocycles. The van der Waals surface area contributed by atoms with Crippen LogP contribution in [0.1, 0.15) is 59.9 Å². The van der Waals surface area contributed by atoms with Crippen molar-refractivity contribution in [1.82, 2.24) is 15.2 Å². The summed E-state index contributed by atoms with van der Waals surface area (Å²) in [6.07, 6.45) is 1.12. The maximum Gasteiger partial charge on any atom is 0.168 e. The predicted molar refractivity (Wildman–Crippen MR) is 138 cm³/mol. The average molecular weight is 514 g/mol. The number of ketones is 1. The molecular formula is C29H34F3N3O2. The van der Waals surface area contributed by atoms with Gasteiger partial charge in [-0.05, 0) is 43.5 Å². The summed E-state index contributed by atoms with van der Waals surface area (Å²) < 4.78 is 52.1. The van der Waals surface area contributed by atoms with Crippen LogP contribution in [0.2, 0.25) is 0 Å². The summed E-state index contributed by atoms with van der Waals surface area (Å²) in [6, 6.07) is 9.00. The number of benzene rings is 2. The van der Waals surface area contributed by atoms with E-state index in [0.29, 0.717) is 31.8 Å². The van der Waals surface area contributed by atoms with Crippen LogP contribution < -0.4 is 5.32 Å². The summed E-state index contributed by atoms with van der Waals surface area (Å²) in [6.45, 7) is 5.41. The number of aromatic amines is 1. The van der Waals surface area contributed by atoms with Crippen LogP contribution in [0.15, 0.2) is 36.4 Å². The van der Waals surface area contributed by atoms with E-state index in [0.717, 1.165) is 41.4 Å². The van der Waals surface area contributed by atoms with Crippen LogP contribution in [0.4, 0.5) is 13.2 Å². The molecule has 198 valence electrons. The summed E-state index contributed by atoms with van der Waals surface area (Å²) in [4.78, 5) is 17.9. The monoisotopic (exact) mass is 513 g/mol. The Morgan fingerprint density at radius 2 is 1.92 bits per heavy atom. The second-order valence-electron chi connectivity index (χ2n) is 10.3. The zero-order valence-corrected chi connectivity index (χ0v) is 21.3. The van der Waals surface area contributed by atoms with Crippen molar-refractivity contribution in [3.63, 3.8) is 0 Å². The summed E-state index contributed by atoms with van der Waals surface area (Å²) in [7, 11) is 0. The molecule has 0 amide bonds. The SMILES string of the molecule is CCCCOC[C@H](F)CN1[C@H](c2c(F)cc(C(=O)C3CNC3)cc2F)c2[nH]c3ccccc3c2C[C@H]1C. The molecule has 0 aliphatic carbocycles. The molecule has 37 heavy (non-hydrogen) atoms. The van der Waals surface area contributed by atoms with Gasteiger partial charge in [0, 0.05) is 65.9 Å². The number of para-hydroxylation sites is 1. The smallest absolute Gasteiger partial charge is 0.168 e. The summed E-state index contributed by atoms with van der Waals surface area (Å²) in [5.41, 5.74) is 2.39. The predicted octanol–water partition coefficient (Wildman–Crippen LogP) is 5.34. The summed E-state index contributed by atoms with van der Waals surface area (Å²) >= 11 is 0.